The number of methoxy groups -OCH3 is 1. The molecule has 3 aromatic carbocycles. The molecule has 4 heteroatoms. The third-order valence-electron chi connectivity index (χ3n) is 3.97. The van der Waals surface area contributed by atoms with E-state index in [1.807, 2.05) is 60.7 Å². The minimum Gasteiger partial charge on any atom is -0.508 e. The zero-order valence-corrected chi connectivity index (χ0v) is 13.9. The number of anilines is 2. The lowest BCUT2D eigenvalue weighted by atomic mass is 10.1. The van der Waals surface area contributed by atoms with Gasteiger partial charge in [-0.05, 0) is 66.2 Å². The van der Waals surface area contributed by atoms with Crippen LogP contribution in [0.25, 0.3) is 0 Å². The summed E-state index contributed by atoms with van der Waals surface area (Å²) in [5.74, 6) is 1.05. The molecule has 0 atom stereocenters. The summed E-state index contributed by atoms with van der Waals surface area (Å²) in [7, 11) is 1.64. The van der Waals surface area contributed by atoms with E-state index in [1.54, 1.807) is 19.2 Å². The van der Waals surface area contributed by atoms with Crippen LogP contribution >= 0.6 is 0 Å². The number of aromatic hydroxyl groups is 1. The number of nitrogens with zero attached hydrogens (tertiary/aromatic N) is 2. The molecule has 0 bridgehead atoms. The molecule has 0 aromatic heterocycles. The van der Waals surface area contributed by atoms with Gasteiger partial charge in [0, 0.05) is 17.9 Å². The van der Waals surface area contributed by atoms with Gasteiger partial charge in [0.05, 0.1) is 18.7 Å². The summed E-state index contributed by atoms with van der Waals surface area (Å²) in [6, 6.07) is 24.6. The largest absolute Gasteiger partial charge is 0.508 e. The Bertz CT molecular complexity index is 864. The smallest absolute Gasteiger partial charge is 0.119 e. The molecular formula is C21H18N2O2. The van der Waals surface area contributed by atoms with Gasteiger partial charge in [-0.3, -0.25) is 0 Å². The number of ether oxygens (including phenoxy) is 1. The third kappa shape index (κ3) is 3.91. The van der Waals surface area contributed by atoms with Crippen molar-refractivity contribution in [2.75, 3.05) is 12.0 Å². The minimum atomic E-state index is 0.248. The van der Waals surface area contributed by atoms with E-state index in [-0.39, 0.29) is 5.75 Å². The molecule has 0 aliphatic rings. The maximum Gasteiger partial charge on any atom is 0.119 e. The molecule has 0 radical (unpaired) electrons. The molecular weight excluding hydrogens is 312 g/mol. The summed E-state index contributed by atoms with van der Waals surface area (Å²) in [5, 5.41) is 18.5. The highest BCUT2D eigenvalue weighted by Crippen LogP contribution is 2.29. The Morgan fingerprint density at radius 1 is 0.880 bits per heavy atom. The van der Waals surface area contributed by atoms with Crippen LogP contribution in [0, 0.1) is 11.3 Å². The van der Waals surface area contributed by atoms with Crippen LogP contribution < -0.4 is 9.64 Å². The van der Waals surface area contributed by atoms with Gasteiger partial charge in [0.25, 0.3) is 0 Å². The van der Waals surface area contributed by atoms with Crippen molar-refractivity contribution in [3.8, 4) is 17.6 Å². The van der Waals surface area contributed by atoms with Crippen molar-refractivity contribution >= 4 is 11.4 Å². The number of phenols is 1. The second-order valence-corrected chi connectivity index (χ2v) is 5.61. The molecule has 0 fully saturated rings. The molecule has 3 rings (SSSR count). The summed E-state index contributed by atoms with van der Waals surface area (Å²) >= 11 is 0. The Morgan fingerprint density at radius 2 is 1.44 bits per heavy atom. The van der Waals surface area contributed by atoms with Crippen molar-refractivity contribution in [2.24, 2.45) is 0 Å². The molecule has 25 heavy (non-hydrogen) atoms. The Labute approximate surface area is 147 Å². The van der Waals surface area contributed by atoms with Gasteiger partial charge < -0.3 is 14.7 Å². The summed E-state index contributed by atoms with van der Waals surface area (Å²) in [5.41, 5.74) is 3.69. The van der Waals surface area contributed by atoms with E-state index in [0.29, 0.717) is 12.1 Å². The third-order valence-corrected chi connectivity index (χ3v) is 3.97. The SMILES string of the molecule is COc1ccc(N(Cc2ccc(O)cc2)c2ccc(C#N)cc2)cc1. The molecule has 0 saturated carbocycles. The van der Waals surface area contributed by atoms with Gasteiger partial charge in [-0.25, -0.2) is 0 Å². The number of benzene rings is 3. The highest BCUT2D eigenvalue weighted by Gasteiger charge is 2.11. The topological polar surface area (TPSA) is 56.5 Å². The van der Waals surface area contributed by atoms with E-state index in [4.69, 9.17) is 10.00 Å². The Kier molecular flexibility index (Phi) is 4.87. The highest BCUT2D eigenvalue weighted by atomic mass is 16.5. The standard InChI is InChI=1S/C21H18N2O2/c1-25-21-12-8-19(9-13-21)23(15-17-4-10-20(24)11-5-17)18-6-2-16(14-22)3-7-18/h2-13,24H,15H2,1H3. The maximum absolute atomic E-state index is 9.48. The molecule has 0 aliphatic heterocycles. The van der Waals surface area contributed by atoms with Crippen molar-refractivity contribution in [1.29, 1.82) is 5.26 Å². The first-order valence-electron chi connectivity index (χ1n) is 7.89. The number of hydrogen-bond donors (Lipinski definition) is 1. The van der Waals surface area contributed by atoms with Crippen molar-refractivity contribution in [3.63, 3.8) is 0 Å². The molecule has 1 N–H and O–H groups in total. The average Bonchev–Trinajstić information content (AvgIpc) is 2.68. The van der Waals surface area contributed by atoms with Crippen LogP contribution in [0.15, 0.2) is 72.8 Å². The Hall–Kier alpha value is -3.45. The van der Waals surface area contributed by atoms with E-state index in [9.17, 15) is 5.11 Å². The second kappa shape index (κ2) is 7.41. The van der Waals surface area contributed by atoms with Gasteiger partial charge in [-0.1, -0.05) is 12.1 Å². The average molecular weight is 330 g/mol. The summed E-state index contributed by atoms with van der Waals surface area (Å²) in [6.07, 6.45) is 0. The first kappa shape index (κ1) is 16.4. The highest BCUT2D eigenvalue weighted by molar-refractivity contribution is 5.65. The molecule has 0 saturated heterocycles. The van der Waals surface area contributed by atoms with E-state index in [2.05, 4.69) is 11.0 Å². The van der Waals surface area contributed by atoms with Gasteiger partial charge in [0.2, 0.25) is 0 Å². The first-order chi connectivity index (χ1) is 12.2. The van der Waals surface area contributed by atoms with Crippen LogP contribution in [0.5, 0.6) is 11.5 Å². The normalized spacial score (nSPS) is 10.1. The maximum atomic E-state index is 9.48. The van der Waals surface area contributed by atoms with E-state index in [0.717, 1.165) is 22.7 Å². The Balaban J connectivity index is 1.96. The van der Waals surface area contributed by atoms with Crippen LogP contribution in [0.2, 0.25) is 0 Å². The molecule has 0 amide bonds. The van der Waals surface area contributed by atoms with Gasteiger partial charge in [0.1, 0.15) is 11.5 Å². The fourth-order valence-corrected chi connectivity index (χ4v) is 2.59. The molecule has 0 unspecified atom stereocenters. The Morgan fingerprint density at radius 3 is 1.96 bits per heavy atom. The molecule has 3 aromatic rings. The van der Waals surface area contributed by atoms with Crippen molar-refractivity contribution in [2.45, 2.75) is 6.54 Å². The summed E-state index contributed by atoms with van der Waals surface area (Å²) in [4.78, 5) is 2.15. The van der Waals surface area contributed by atoms with Crippen LogP contribution in [0.4, 0.5) is 11.4 Å². The second-order valence-electron chi connectivity index (χ2n) is 5.61. The van der Waals surface area contributed by atoms with Crippen molar-refractivity contribution < 1.29 is 9.84 Å². The van der Waals surface area contributed by atoms with E-state index >= 15 is 0 Å². The van der Waals surface area contributed by atoms with E-state index in [1.165, 1.54) is 0 Å². The van der Waals surface area contributed by atoms with Gasteiger partial charge >= 0.3 is 0 Å². The van der Waals surface area contributed by atoms with Crippen LogP contribution in [-0.4, -0.2) is 12.2 Å². The van der Waals surface area contributed by atoms with Crippen LogP contribution in [0.3, 0.4) is 0 Å². The lowest BCUT2D eigenvalue weighted by Gasteiger charge is -2.25. The minimum absolute atomic E-state index is 0.248. The summed E-state index contributed by atoms with van der Waals surface area (Å²) < 4.78 is 5.23. The van der Waals surface area contributed by atoms with E-state index < -0.39 is 0 Å². The fraction of sp³-hybridized carbons (Fsp3) is 0.0952. The predicted octanol–water partition coefficient (Wildman–Crippen LogP) is 4.61. The van der Waals surface area contributed by atoms with Crippen LogP contribution in [-0.2, 0) is 6.54 Å². The molecule has 0 heterocycles. The van der Waals surface area contributed by atoms with Gasteiger partial charge in [0.15, 0.2) is 0 Å². The number of hydrogen-bond acceptors (Lipinski definition) is 4. The van der Waals surface area contributed by atoms with Gasteiger partial charge in [-0.15, -0.1) is 0 Å². The lowest BCUT2D eigenvalue weighted by molar-refractivity contribution is 0.415. The molecule has 0 aliphatic carbocycles. The molecule has 124 valence electrons. The zero-order chi connectivity index (χ0) is 17.6. The number of rotatable bonds is 5. The quantitative estimate of drug-likeness (QED) is 0.742. The van der Waals surface area contributed by atoms with Crippen LogP contribution in [0.1, 0.15) is 11.1 Å². The zero-order valence-electron chi connectivity index (χ0n) is 13.9. The first-order valence-corrected chi connectivity index (χ1v) is 7.89. The van der Waals surface area contributed by atoms with Gasteiger partial charge in [-0.2, -0.15) is 5.26 Å². The van der Waals surface area contributed by atoms with Crippen molar-refractivity contribution in [3.05, 3.63) is 83.9 Å². The monoisotopic (exact) mass is 330 g/mol. The number of nitriles is 1. The molecule has 0 spiro atoms. The molecule has 4 nitrogen and oxygen atoms in total. The fourth-order valence-electron chi connectivity index (χ4n) is 2.59. The summed E-state index contributed by atoms with van der Waals surface area (Å²) in [6.45, 7) is 0.637. The lowest BCUT2D eigenvalue weighted by Crippen LogP contribution is -2.16. The number of phenolic OH excluding ortho intramolecular Hbond substituents is 1. The predicted molar refractivity (Wildman–Crippen MR) is 98.1 cm³/mol. The van der Waals surface area contributed by atoms with Crippen molar-refractivity contribution in [1.82, 2.24) is 0 Å².